The molecular weight excluding hydrogens is 342 g/mol. The third-order valence-electron chi connectivity index (χ3n) is 3.55. The Balaban J connectivity index is 2.11. The van der Waals surface area contributed by atoms with E-state index in [0.29, 0.717) is 11.5 Å². The van der Waals surface area contributed by atoms with Gasteiger partial charge >= 0.3 is 0 Å². The maximum Gasteiger partial charge on any atom is 0.262 e. The number of hydrogen-bond acceptors (Lipinski definition) is 6. The number of carbonyl (C=O) groups is 2. The molecule has 1 aromatic heterocycles. The van der Waals surface area contributed by atoms with Gasteiger partial charge in [0.15, 0.2) is 5.78 Å². The first-order valence-electron chi connectivity index (χ1n) is 7.91. The highest BCUT2D eigenvalue weighted by molar-refractivity contribution is 7.17. The summed E-state index contributed by atoms with van der Waals surface area (Å²) in [5, 5.41) is 21.0. The number of aliphatic hydroxyl groups excluding tert-OH is 2. The van der Waals surface area contributed by atoms with Crippen molar-refractivity contribution in [1.29, 1.82) is 0 Å². The number of rotatable bonds is 8. The molecule has 0 saturated carbocycles. The van der Waals surface area contributed by atoms with Gasteiger partial charge in [-0.05, 0) is 55.8 Å². The van der Waals surface area contributed by atoms with Gasteiger partial charge in [-0.1, -0.05) is 0 Å². The molecule has 0 unspecified atom stereocenters. The summed E-state index contributed by atoms with van der Waals surface area (Å²) < 4.78 is 5.40. The number of Topliss-reactive ketones (excluding diaryl/α,β-unsaturated/α-hetero) is 1. The van der Waals surface area contributed by atoms with E-state index in [-0.39, 0.29) is 0 Å². The van der Waals surface area contributed by atoms with Crippen molar-refractivity contribution in [3.05, 3.63) is 41.3 Å². The fourth-order valence-corrected chi connectivity index (χ4v) is 3.19. The molecule has 0 fully saturated rings. The molecule has 2 aromatic rings. The Hall–Kier alpha value is -2.22. The van der Waals surface area contributed by atoms with Crippen LogP contribution in [0.25, 0.3) is 10.4 Å². The van der Waals surface area contributed by atoms with Gasteiger partial charge < -0.3 is 20.3 Å². The Kier molecular flexibility index (Phi) is 6.69. The lowest BCUT2D eigenvalue weighted by Crippen LogP contribution is -2.48. The zero-order valence-corrected chi connectivity index (χ0v) is 14.9. The Morgan fingerprint density at radius 2 is 1.88 bits per heavy atom. The molecule has 6 nitrogen and oxygen atoms in total. The average molecular weight is 363 g/mol. The fraction of sp³-hybridized carbons (Fsp3) is 0.333. The third kappa shape index (κ3) is 4.88. The van der Waals surface area contributed by atoms with Crippen molar-refractivity contribution in [2.24, 2.45) is 0 Å². The summed E-state index contributed by atoms with van der Waals surface area (Å²) in [5.74, 6) is -0.315. The molecule has 25 heavy (non-hydrogen) atoms. The van der Waals surface area contributed by atoms with Crippen molar-refractivity contribution in [2.75, 3.05) is 13.2 Å². The molecule has 0 aliphatic rings. The van der Waals surface area contributed by atoms with E-state index in [9.17, 15) is 14.7 Å². The number of nitrogens with one attached hydrogen (secondary N) is 1. The molecule has 0 bridgehead atoms. The summed E-state index contributed by atoms with van der Waals surface area (Å²) in [4.78, 5) is 25.2. The smallest absolute Gasteiger partial charge is 0.262 e. The summed E-state index contributed by atoms with van der Waals surface area (Å²) in [6, 6.07) is 9.89. The lowest BCUT2D eigenvalue weighted by atomic mass is 10.1. The fourth-order valence-electron chi connectivity index (χ4n) is 2.28. The Bertz CT molecular complexity index is 723. The van der Waals surface area contributed by atoms with E-state index in [0.717, 1.165) is 16.2 Å². The zero-order valence-electron chi connectivity index (χ0n) is 14.1. The standard InChI is InChI=1S/C18H21NO5S/c1-3-24-13-6-4-12(5-7-13)15-8-9-16(25-15)18(23)19-17(11(2)21)14(22)10-20/h4-9,11,17,20-21H,3,10H2,1-2H3,(H,19,23)/t11-,17+/m1/s1. The molecule has 0 radical (unpaired) electrons. The predicted octanol–water partition coefficient (Wildman–Crippen LogP) is 1.85. The monoisotopic (exact) mass is 363 g/mol. The van der Waals surface area contributed by atoms with Gasteiger partial charge in [0.1, 0.15) is 18.4 Å². The van der Waals surface area contributed by atoms with Crippen LogP contribution in [-0.2, 0) is 4.79 Å². The number of ketones is 1. The molecule has 2 rings (SSSR count). The molecule has 1 aromatic carbocycles. The second-order valence-electron chi connectivity index (χ2n) is 5.44. The van der Waals surface area contributed by atoms with Crippen LogP contribution in [0.5, 0.6) is 5.75 Å². The van der Waals surface area contributed by atoms with E-state index in [1.165, 1.54) is 18.3 Å². The second kappa shape index (κ2) is 8.75. The van der Waals surface area contributed by atoms with Crippen molar-refractivity contribution in [3.63, 3.8) is 0 Å². The molecule has 2 atom stereocenters. The molecule has 7 heteroatoms. The summed E-state index contributed by atoms with van der Waals surface area (Å²) in [5.41, 5.74) is 0.950. The van der Waals surface area contributed by atoms with E-state index in [2.05, 4.69) is 5.32 Å². The van der Waals surface area contributed by atoms with Gasteiger partial charge in [0.05, 0.1) is 17.6 Å². The number of benzene rings is 1. The lowest BCUT2D eigenvalue weighted by molar-refractivity contribution is -0.125. The Morgan fingerprint density at radius 3 is 2.44 bits per heavy atom. The summed E-state index contributed by atoms with van der Waals surface area (Å²) in [7, 11) is 0. The van der Waals surface area contributed by atoms with Crippen molar-refractivity contribution < 1.29 is 24.5 Å². The summed E-state index contributed by atoms with van der Waals surface area (Å²) in [6.45, 7) is 3.16. The minimum Gasteiger partial charge on any atom is -0.494 e. The molecule has 1 amide bonds. The van der Waals surface area contributed by atoms with Gasteiger partial charge in [-0.15, -0.1) is 11.3 Å². The molecule has 3 N–H and O–H groups in total. The second-order valence-corrected chi connectivity index (χ2v) is 6.52. The van der Waals surface area contributed by atoms with Crippen molar-refractivity contribution >= 4 is 23.0 Å². The highest BCUT2D eigenvalue weighted by Gasteiger charge is 2.25. The Labute approximate surface area is 150 Å². The lowest BCUT2D eigenvalue weighted by Gasteiger charge is -2.18. The topological polar surface area (TPSA) is 95.9 Å². The number of carbonyl (C=O) groups excluding carboxylic acids is 2. The first-order chi connectivity index (χ1) is 12.0. The predicted molar refractivity (Wildman–Crippen MR) is 96.0 cm³/mol. The van der Waals surface area contributed by atoms with E-state index >= 15 is 0 Å². The molecule has 0 aliphatic carbocycles. The first kappa shape index (κ1) is 19.1. The molecule has 134 valence electrons. The molecule has 0 aliphatic heterocycles. The molecule has 0 saturated heterocycles. The van der Waals surface area contributed by atoms with Gasteiger partial charge in [-0.25, -0.2) is 0 Å². The van der Waals surface area contributed by atoms with Crippen LogP contribution in [0, 0.1) is 0 Å². The van der Waals surface area contributed by atoms with E-state index < -0.39 is 30.4 Å². The van der Waals surface area contributed by atoms with Gasteiger partial charge in [0.2, 0.25) is 0 Å². The first-order valence-corrected chi connectivity index (χ1v) is 8.73. The van der Waals surface area contributed by atoms with Crippen LogP contribution >= 0.6 is 11.3 Å². The van der Waals surface area contributed by atoms with Crippen molar-refractivity contribution in [3.8, 4) is 16.2 Å². The zero-order chi connectivity index (χ0) is 18.4. The average Bonchev–Trinajstić information content (AvgIpc) is 3.09. The van der Waals surface area contributed by atoms with Crippen LogP contribution < -0.4 is 10.1 Å². The summed E-state index contributed by atoms with van der Waals surface area (Å²) in [6.07, 6.45) is -1.09. The largest absolute Gasteiger partial charge is 0.494 e. The van der Waals surface area contributed by atoms with Gasteiger partial charge in [-0.3, -0.25) is 9.59 Å². The van der Waals surface area contributed by atoms with Crippen LogP contribution in [0.3, 0.4) is 0 Å². The maximum absolute atomic E-state index is 12.3. The van der Waals surface area contributed by atoms with Gasteiger partial charge in [-0.2, -0.15) is 0 Å². The SMILES string of the molecule is CCOc1ccc(-c2ccc(C(=O)N[C@H](C(=O)CO)[C@@H](C)O)s2)cc1. The minimum atomic E-state index is -1.13. The highest BCUT2D eigenvalue weighted by atomic mass is 32.1. The number of hydrogen-bond donors (Lipinski definition) is 3. The van der Waals surface area contributed by atoms with E-state index in [4.69, 9.17) is 9.84 Å². The highest BCUT2D eigenvalue weighted by Crippen LogP contribution is 2.29. The van der Waals surface area contributed by atoms with Crippen molar-refractivity contribution in [2.45, 2.75) is 26.0 Å². The molecular formula is C18H21NO5S. The van der Waals surface area contributed by atoms with Crippen LogP contribution in [0.15, 0.2) is 36.4 Å². The van der Waals surface area contributed by atoms with Crippen LogP contribution in [-0.4, -0.2) is 47.3 Å². The van der Waals surface area contributed by atoms with Crippen LogP contribution in [0.4, 0.5) is 0 Å². The van der Waals surface area contributed by atoms with Crippen molar-refractivity contribution in [1.82, 2.24) is 5.32 Å². The molecule has 1 heterocycles. The maximum atomic E-state index is 12.3. The molecule has 0 spiro atoms. The Morgan fingerprint density at radius 1 is 1.20 bits per heavy atom. The van der Waals surface area contributed by atoms with Crippen LogP contribution in [0.1, 0.15) is 23.5 Å². The number of amides is 1. The van der Waals surface area contributed by atoms with Gasteiger partial charge in [0.25, 0.3) is 5.91 Å². The van der Waals surface area contributed by atoms with E-state index in [1.807, 2.05) is 37.3 Å². The minimum absolute atomic E-state index is 0.417. The summed E-state index contributed by atoms with van der Waals surface area (Å²) >= 11 is 1.28. The van der Waals surface area contributed by atoms with Crippen LogP contribution in [0.2, 0.25) is 0 Å². The van der Waals surface area contributed by atoms with Gasteiger partial charge in [0, 0.05) is 4.88 Å². The normalized spacial score (nSPS) is 13.1. The number of thiophene rings is 1. The van der Waals surface area contributed by atoms with E-state index in [1.54, 1.807) is 6.07 Å². The quantitative estimate of drug-likeness (QED) is 0.665. The third-order valence-corrected chi connectivity index (χ3v) is 4.68. The number of aliphatic hydroxyl groups is 2. The number of ether oxygens (including phenoxy) is 1.